The molecule has 34 heavy (non-hydrogen) atoms. The number of thioether (sulfide) groups is 1. The van der Waals surface area contributed by atoms with E-state index in [4.69, 9.17) is 4.74 Å². The number of hydrogen-bond donors (Lipinski definition) is 0. The predicted molar refractivity (Wildman–Crippen MR) is 130 cm³/mol. The van der Waals surface area contributed by atoms with Gasteiger partial charge in [0.2, 0.25) is 5.91 Å². The molecule has 1 amide bonds. The second kappa shape index (κ2) is 11.0. The van der Waals surface area contributed by atoms with Gasteiger partial charge < -0.3 is 9.64 Å². The maximum Gasteiger partial charge on any atom is 0.233 e. The van der Waals surface area contributed by atoms with E-state index in [0.29, 0.717) is 16.5 Å². The second-order valence-corrected chi connectivity index (χ2v) is 8.70. The van der Waals surface area contributed by atoms with Crippen LogP contribution in [0.25, 0.3) is 5.69 Å². The molecule has 0 aliphatic rings. The lowest BCUT2D eigenvalue weighted by Gasteiger charge is -2.17. The summed E-state index contributed by atoms with van der Waals surface area (Å²) in [7, 11) is 1.67. The zero-order valence-corrected chi connectivity index (χ0v) is 19.8. The topological polar surface area (TPSA) is 60.3 Å². The van der Waals surface area contributed by atoms with E-state index in [1.165, 1.54) is 22.7 Å². The van der Waals surface area contributed by atoms with Gasteiger partial charge in [0.25, 0.3) is 0 Å². The molecule has 1 heterocycles. The molecule has 0 saturated heterocycles. The Kier molecular flexibility index (Phi) is 7.59. The van der Waals surface area contributed by atoms with Gasteiger partial charge in [-0.05, 0) is 36.8 Å². The molecule has 1 aromatic heterocycles. The second-order valence-electron chi connectivity index (χ2n) is 7.75. The summed E-state index contributed by atoms with van der Waals surface area (Å²) in [6.07, 6.45) is 0. The zero-order valence-electron chi connectivity index (χ0n) is 19.0. The minimum atomic E-state index is -0.322. The van der Waals surface area contributed by atoms with Gasteiger partial charge in [0.1, 0.15) is 18.2 Å². The number of rotatable bonds is 9. The van der Waals surface area contributed by atoms with Crippen molar-refractivity contribution in [2.45, 2.75) is 25.2 Å². The number of carbonyl (C=O) groups is 1. The highest BCUT2D eigenvalue weighted by Crippen LogP contribution is 2.24. The van der Waals surface area contributed by atoms with Crippen LogP contribution >= 0.6 is 11.8 Å². The van der Waals surface area contributed by atoms with Gasteiger partial charge in [-0.2, -0.15) is 0 Å². The molecule has 4 rings (SSSR count). The Balaban J connectivity index is 1.48. The predicted octanol–water partition coefficient (Wildman–Crippen LogP) is 5.04. The Morgan fingerprint density at radius 3 is 2.47 bits per heavy atom. The fourth-order valence-corrected chi connectivity index (χ4v) is 4.30. The van der Waals surface area contributed by atoms with Crippen LogP contribution in [0.5, 0.6) is 5.75 Å². The fraction of sp³-hybridized carbons (Fsp3) is 0.192. The maximum atomic E-state index is 14.0. The highest BCUT2D eigenvalue weighted by atomic mass is 32.2. The first-order valence-electron chi connectivity index (χ1n) is 10.8. The number of aryl methyl sites for hydroxylation is 1. The number of amides is 1. The molecule has 0 aliphatic heterocycles. The van der Waals surface area contributed by atoms with E-state index in [-0.39, 0.29) is 30.6 Å². The van der Waals surface area contributed by atoms with Gasteiger partial charge in [-0.25, -0.2) is 4.39 Å². The maximum absolute atomic E-state index is 14.0. The number of aromatic nitrogens is 3. The number of hydrogen-bond acceptors (Lipinski definition) is 5. The van der Waals surface area contributed by atoms with Gasteiger partial charge >= 0.3 is 0 Å². The summed E-state index contributed by atoms with van der Waals surface area (Å²) >= 11 is 1.29. The number of ether oxygens (including phenoxy) is 1. The standard InChI is InChI=1S/C26H25FN4O2S/c1-19-10-6-9-15-23(19)33-17-24-28-29-26(31(24)21-12-4-3-5-13-21)34-18-25(32)30(2)16-20-11-7-8-14-22(20)27/h3-15H,16-18H2,1-2H3. The normalized spacial score (nSPS) is 10.8. The molecule has 0 fully saturated rings. The molecule has 0 spiro atoms. The summed E-state index contributed by atoms with van der Waals surface area (Å²) in [6.45, 7) is 2.42. The summed E-state index contributed by atoms with van der Waals surface area (Å²) in [6, 6.07) is 24.0. The van der Waals surface area contributed by atoms with E-state index in [2.05, 4.69) is 10.2 Å². The summed E-state index contributed by atoms with van der Waals surface area (Å²) < 4.78 is 21.8. The highest BCUT2D eigenvalue weighted by molar-refractivity contribution is 7.99. The zero-order chi connectivity index (χ0) is 23.9. The van der Waals surface area contributed by atoms with Crippen molar-refractivity contribution < 1.29 is 13.9 Å². The Bertz CT molecular complexity index is 1260. The van der Waals surface area contributed by atoms with Gasteiger partial charge in [0.05, 0.1) is 5.75 Å². The van der Waals surface area contributed by atoms with Crippen LogP contribution in [0.3, 0.4) is 0 Å². The van der Waals surface area contributed by atoms with Crippen molar-refractivity contribution >= 4 is 17.7 Å². The number of para-hydroxylation sites is 2. The third-order valence-corrected chi connectivity index (χ3v) is 6.19. The molecular formula is C26H25FN4O2S. The number of nitrogens with zero attached hydrogens (tertiary/aromatic N) is 4. The van der Waals surface area contributed by atoms with Crippen LogP contribution < -0.4 is 4.74 Å². The summed E-state index contributed by atoms with van der Waals surface area (Å²) in [5, 5.41) is 9.24. The molecule has 0 aliphatic carbocycles. The molecule has 0 radical (unpaired) electrons. The van der Waals surface area contributed by atoms with Crippen molar-refractivity contribution in [2.75, 3.05) is 12.8 Å². The fourth-order valence-electron chi connectivity index (χ4n) is 3.39. The van der Waals surface area contributed by atoms with Crippen molar-refractivity contribution in [1.82, 2.24) is 19.7 Å². The summed E-state index contributed by atoms with van der Waals surface area (Å²) in [5.41, 5.74) is 2.39. The summed E-state index contributed by atoms with van der Waals surface area (Å²) in [5.74, 6) is 1.10. The third kappa shape index (κ3) is 5.63. The lowest BCUT2D eigenvalue weighted by atomic mass is 10.2. The van der Waals surface area contributed by atoms with Gasteiger partial charge in [-0.15, -0.1) is 10.2 Å². The quantitative estimate of drug-likeness (QED) is 0.317. The molecule has 8 heteroatoms. The van der Waals surface area contributed by atoms with Crippen LogP contribution in [0.2, 0.25) is 0 Å². The lowest BCUT2D eigenvalue weighted by Crippen LogP contribution is -2.28. The average molecular weight is 477 g/mol. The van der Waals surface area contributed by atoms with Crippen molar-refractivity contribution in [3.63, 3.8) is 0 Å². The van der Waals surface area contributed by atoms with Crippen LogP contribution in [0.4, 0.5) is 4.39 Å². The monoisotopic (exact) mass is 476 g/mol. The van der Waals surface area contributed by atoms with Crippen LogP contribution in [0.15, 0.2) is 84.0 Å². The number of benzene rings is 3. The van der Waals surface area contributed by atoms with Gasteiger partial charge in [0.15, 0.2) is 11.0 Å². The minimum absolute atomic E-state index is 0.131. The van der Waals surface area contributed by atoms with Gasteiger partial charge in [-0.3, -0.25) is 9.36 Å². The van der Waals surface area contributed by atoms with E-state index >= 15 is 0 Å². The van der Waals surface area contributed by atoms with Crippen molar-refractivity contribution in [3.05, 3.63) is 102 Å². The van der Waals surface area contributed by atoms with E-state index in [1.54, 1.807) is 25.2 Å². The molecule has 0 N–H and O–H groups in total. The molecule has 0 bridgehead atoms. The first-order valence-corrected chi connectivity index (χ1v) is 11.8. The van der Waals surface area contributed by atoms with Crippen LogP contribution in [0.1, 0.15) is 17.0 Å². The Labute approximate surface area is 202 Å². The highest BCUT2D eigenvalue weighted by Gasteiger charge is 2.18. The molecule has 0 atom stereocenters. The molecule has 3 aromatic carbocycles. The van der Waals surface area contributed by atoms with E-state index < -0.39 is 0 Å². The smallest absolute Gasteiger partial charge is 0.233 e. The average Bonchev–Trinajstić information content (AvgIpc) is 3.26. The van der Waals surface area contributed by atoms with Crippen LogP contribution in [0, 0.1) is 12.7 Å². The lowest BCUT2D eigenvalue weighted by molar-refractivity contribution is -0.127. The van der Waals surface area contributed by atoms with Gasteiger partial charge in [0, 0.05) is 24.8 Å². The van der Waals surface area contributed by atoms with Crippen molar-refractivity contribution in [1.29, 1.82) is 0 Å². The Hall–Kier alpha value is -3.65. The van der Waals surface area contributed by atoms with Gasteiger partial charge in [-0.1, -0.05) is 66.4 Å². The first kappa shape index (κ1) is 23.5. The molecule has 174 valence electrons. The minimum Gasteiger partial charge on any atom is -0.485 e. The molecule has 0 unspecified atom stereocenters. The Morgan fingerprint density at radius 2 is 1.71 bits per heavy atom. The van der Waals surface area contributed by atoms with Crippen LogP contribution in [-0.2, 0) is 17.9 Å². The van der Waals surface area contributed by atoms with E-state index in [0.717, 1.165) is 17.0 Å². The third-order valence-electron chi connectivity index (χ3n) is 5.28. The van der Waals surface area contributed by atoms with Crippen LogP contribution in [-0.4, -0.2) is 38.4 Å². The van der Waals surface area contributed by atoms with Crippen molar-refractivity contribution in [3.8, 4) is 11.4 Å². The largest absolute Gasteiger partial charge is 0.485 e. The van der Waals surface area contributed by atoms with Crippen molar-refractivity contribution in [2.24, 2.45) is 0 Å². The molecule has 6 nitrogen and oxygen atoms in total. The molecule has 0 saturated carbocycles. The number of halogens is 1. The summed E-state index contributed by atoms with van der Waals surface area (Å²) in [4.78, 5) is 14.2. The SMILES string of the molecule is Cc1ccccc1OCc1nnc(SCC(=O)N(C)Cc2ccccc2F)n1-c1ccccc1. The first-order chi connectivity index (χ1) is 16.5. The van der Waals surface area contributed by atoms with E-state index in [1.807, 2.05) is 66.1 Å². The number of carbonyl (C=O) groups excluding carboxylic acids is 1. The van der Waals surface area contributed by atoms with E-state index in [9.17, 15) is 9.18 Å². The Morgan fingerprint density at radius 1 is 1.00 bits per heavy atom. The molecule has 4 aromatic rings. The molecular weight excluding hydrogens is 451 g/mol.